The zero-order valence-corrected chi connectivity index (χ0v) is 12.0. The van der Waals surface area contributed by atoms with Crippen LogP contribution in [0.1, 0.15) is 74.1 Å². The lowest BCUT2D eigenvalue weighted by molar-refractivity contribution is 0.156. The maximum Gasteiger partial charge on any atom is -0.0264 e. The first-order valence-corrected chi connectivity index (χ1v) is 6.64. The van der Waals surface area contributed by atoms with Crippen molar-refractivity contribution in [3.8, 4) is 0 Å². The van der Waals surface area contributed by atoms with Crippen molar-refractivity contribution in [1.29, 1.82) is 0 Å². The van der Waals surface area contributed by atoms with Crippen molar-refractivity contribution in [2.45, 2.75) is 74.1 Å². The van der Waals surface area contributed by atoms with Crippen LogP contribution >= 0.6 is 0 Å². The van der Waals surface area contributed by atoms with Crippen molar-refractivity contribution in [3.05, 3.63) is 5.92 Å². The van der Waals surface area contributed by atoms with E-state index in [4.69, 9.17) is 0 Å². The van der Waals surface area contributed by atoms with Gasteiger partial charge in [0.1, 0.15) is 0 Å². The number of rotatable bonds is 6. The van der Waals surface area contributed by atoms with Crippen LogP contribution in [0, 0.1) is 23.2 Å². The van der Waals surface area contributed by atoms with Crippen LogP contribution in [0.3, 0.4) is 0 Å². The van der Waals surface area contributed by atoms with E-state index in [1.165, 1.54) is 25.7 Å². The molecule has 0 spiro atoms. The lowest BCUT2D eigenvalue weighted by Gasteiger charge is -2.40. The average molecular weight is 211 g/mol. The van der Waals surface area contributed by atoms with Crippen LogP contribution in [0.15, 0.2) is 0 Å². The summed E-state index contributed by atoms with van der Waals surface area (Å²) in [6, 6.07) is 0. The van der Waals surface area contributed by atoms with Gasteiger partial charge in [-0.25, -0.2) is 0 Å². The zero-order valence-electron chi connectivity index (χ0n) is 12.0. The highest BCUT2D eigenvalue weighted by atomic mass is 14.4. The molecule has 91 valence electrons. The summed E-state index contributed by atoms with van der Waals surface area (Å²) in [5.74, 6) is 3.29. The summed E-state index contributed by atoms with van der Waals surface area (Å²) in [6.45, 7) is 16.4. The Morgan fingerprint density at radius 1 is 1.07 bits per heavy atom. The van der Waals surface area contributed by atoms with Crippen molar-refractivity contribution >= 4 is 0 Å². The molecule has 0 nitrogen and oxygen atoms in total. The molecule has 0 aliphatic carbocycles. The first kappa shape index (κ1) is 15.0. The maximum atomic E-state index is 2.39. The minimum atomic E-state index is 0.424. The van der Waals surface area contributed by atoms with Gasteiger partial charge in [-0.1, -0.05) is 74.1 Å². The maximum absolute atomic E-state index is 2.39. The van der Waals surface area contributed by atoms with Gasteiger partial charge >= 0.3 is 0 Å². The third-order valence-corrected chi connectivity index (χ3v) is 3.48. The number of hydrogen-bond donors (Lipinski definition) is 0. The van der Waals surface area contributed by atoms with Crippen LogP contribution in [0.5, 0.6) is 0 Å². The van der Waals surface area contributed by atoms with Crippen molar-refractivity contribution in [3.63, 3.8) is 0 Å². The van der Waals surface area contributed by atoms with Crippen molar-refractivity contribution in [2.75, 3.05) is 0 Å². The SMILES string of the molecule is CCCCC(CC)C([C](C)C)C(C)(C)C. The van der Waals surface area contributed by atoms with Crippen LogP contribution < -0.4 is 0 Å². The predicted molar refractivity (Wildman–Crippen MR) is 70.8 cm³/mol. The first-order valence-electron chi connectivity index (χ1n) is 6.64. The smallest absolute Gasteiger partial charge is 0.0264 e. The topological polar surface area (TPSA) is 0 Å². The Hall–Kier alpha value is 0. The Morgan fingerprint density at radius 3 is 1.87 bits per heavy atom. The second-order valence-corrected chi connectivity index (χ2v) is 6.23. The van der Waals surface area contributed by atoms with Gasteiger partial charge < -0.3 is 0 Å². The number of hydrogen-bond acceptors (Lipinski definition) is 0. The Kier molecular flexibility index (Phi) is 6.55. The summed E-state index contributed by atoms with van der Waals surface area (Å²) in [5, 5.41) is 0. The van der Waals surface area contributed by atoms with Crippen molar-refractivity contribution < 1.29 is 0 Å². The van der Waals surface area contributed by atoms with Gasteiger partial charge in [-0.2, -0.15) is 0 Å². The van der Waals surface area contributed by atoms with Crippen LogP contribution in [0.4, 0.5) is 0 Å². The van der Waals surface area contributed by atoms with E-state index in [-0.39, 0.29) is 0 Å². The van der Waals surface area contributed by atoms with Gasteiger partial charge in [-0.05, 0) is 23.2 Å². The summed E-state index contributed by atoms with van der Waals surface area (Å²) in [7, 11) is 0. The molecule has 2 atom stereocenters. The minimum Gasteiger partial charge on any atom is -0.0654 e. The molecule has 0 saturated carbocycles. The minimum absolute atomic E-state index is 0.424. The summed E-state index contributed by atoms with van der Waals surface area (Å²) < 4.78 is 0. The normalized spacial score (nSPS) is 16.8. The highest BCUT2D eigenvalue weighted by molar-refractivity contribution is 4.97. The fourth-order valence-corrected chi connectivity index (χ4v) is 3.12. The van der Waals surface area contributed by atoms with E-state index in [0.717, 1.165) is 11.8 Å². The van der Waals surface area contributed by atoms with E-state index in [0.29, 0.717) is 5.41 Å². The molecular formula is C15H31. The van der Waals surface area contributed by atoms with E-state index < -0.39 is 0 Å². The Morgan fingerprint density at radius 2 is 1.60 bits per heavy atom. The molecule has 0 fully saturated rings. The fraction of sp³-hybridized carbons (Fsp3) is 0.933. The van der Waals surface area contributed by atoms with Crippen LogP contribution in [-0.4, -0.2) is 0 Å². The summed E-state index contributed by atoms with van der Waals surface area (Å²) >= 11 is 0. The average Bonchev–Trinajstić information content (AvgIpc) is 2.08. The Balaban J connectivity index is 4.56. The molecule has 0 aromatic heterocycles. The van der Waals surface area contributed by atoms with Crippen molar-refractivity contribution in [1.82, 2.24) is 0 Å². The van der Waals surface area contributed by atoms with Gasteiger partial charge in [0, 0.05) is 0 Å². The highest BCUT2D eigenvalue weighted by Gasteiger charge is 2.33. The Labute approximate surface area is 97.8 Å². The van der Waals surface area contributed by atoms with E-state index in [2.05, 4.69) is 48.5 Å². The quantitative estimate of drug-likeness (QED) is 0.546. The van der Waals surface area contributed by atoms with Crippen molar-refractivity contribution in [2.24, 2.45) is 17.3 Å². The molecule has 0 heteroatoms. The van der Waals surface area contributed by atoms with Gasteiger partial charge in [0.15, 0.2) is 0 Å². The zero-order chi connectivity index (χ0) is 12.1. The highest BCUT2D eigenvalue weighted by Crippen LogP contribution is 2.42. The second kappa shape index (κ2) is 6.55. The summed E-state index contributed by atoms with van der Waals surface area (Å²) in [4.78, 5) is 0. The second-order valence-electron chi connectivity index (χ2n) is 6.23. The van der Waals surface area contributed by atoms with E-state index in [9.17, 15) is 0 Å². The van der Waals surface area contributed by atoms with E-state index in [1.807, 2.05) is 0 Å². The molecule has 0 aromatic carbocycles. The molecule has 2 unspecified atom stereocenters. The van der Waals surface area contributed by atoms with Crippen LogP contribution in [0.2, 0.25) is 0 Å². The molecular weight excluding hydrogens is 180 g/mol. The first-order chi connectivity index (χ1) is 6.84. The molecule has 0 heterocycles. The lowest BCUT2D eigenvalue weighted by Crippen LogP contribution is -2.31. The molecule has 0 N–H and O–H groups in total. The molecule has 0 aliphatic heterocycles. The monoisotopic (exact) mass is 211 g/mol. The van der Waals surface area contributed by atoms with E-state index in [1.54, 1.807) is 5.92 Å². The molecule has 0 rings (SSSR count). The third-order valence-electron chi connectivity index (χ3n) is 3.48. The summed E-state index contributed by atoms with van der Waals surface area (Å²) in [5.41, 5.74) is 0.424. The Bertz CT molecular complexity index is 150. The van der Waals surface area contributed by atoms with Gasteiger partial charge in [0.05, 0.1) is 0 Å². The molecule has 0 aromatic rings. The predicted octanol–water partition coefficient (Wildman–Crippen LogP) is 5.48. The van der Waals surface area contributed by atoms with Gasteiger partial charge in [-0.3, -0.25) is 0 Å². The van der Waals surface area contributed by atoms with Crippen LogP contribution in [-0.2, 0) is 0 Å². The molecule has 0 saturated heterocycles. The van der Waals surface area contributed by atoms with Gasteiger partial charge in [-0.15, -0.1) is 0 Å². The largest absolute Gasteiger partial charge is 0.0654 e. The molecule has 0 amide bonds. The molecule has 0 aliphatic rings. The lowest BCUT2D eigenvalue weighted by atomic mass is 9.65. The molecule has 0 bridgehead atoms. The third kappa shape index (κ3) is 5.04. The standard InChI is InChI=1S/C15H31/c1-8-10-11-13(9-2)14(12(3)4)15(5,6)7/h13-14H,8-11H2,1-7H3. The van der Waals surface area contributed by atoms with Gasteiger partial charge in [0.25, 0.3) is 0 Å². The summed E-state index contributed by atoms with van der Waals surface area (Å²) in [6.07, 6.45) is 5.45. The van der Waals surface area contributed by atoms with E-state index >= 15 is 0 Å². The number of unbranched alkanes of at least 4 members (excludes halogenated alkanes) is 1. The fourth-order valence-electron chi connectivity index (χ4n) is 3.12. The van der Waals surface area contributed by atoms with Gasteiger partial charge in [0.2, 0.25) is 0 Å². The van der Waals surface area contributed by atoms with Crippen LogP contribution in [0.25, 0.3) is 0 Å². The molecule has 15 heavy (non-hydrogen) atoms. The molecule has 1 radical (unpaired) electrons.